The third kappa shape index (κ3) is 1.92. The molecule has 0 aliphatic heterocycles. The third-order valence-electron chi connectivity index (χ3n) is 4.42. The molecule has 2 aliphatic carbocycles. The van der Waals surface area contributed by atoms with E-state index < -0.39 is 0 Å². The molecule has 3 N–H and O–H groups in total. The van der Waals surface area contributed by atoms with Gasteiger partial charge in [-0.15, -0.1) is 11.3 Å². The quantitative estimate of drug-likeness (QED) is 0.841. The van der Waals surface area contributed by atoms with E-state index in [-0.39, 0.29) is 0 Å². The van der Waals surface area contributed by atoms with Crippen molar-refractivity contribution in [1.29, 1.82) is 0 Å². The zero-order valence-electron chi connectivity index (χ0n) is 9.56. The minimum Gasteiger partial charge on any atom is -0.327 e. The van der Waals surface area contributed by atoms with E-state index >= 15 is 0 Å². The van der Waals surface area contributed by atoms with Crippen molar-refractivity contribution in [1.82, 2.24) is 5.32 Å². The van der Waals surface area contributed by atoms with Gasteiger partial charge in [0.05, 0.1) is 0 Å². The van der Waals surface area contributed by atoms with Gasteiger partial charge in [0, 0.05) is 24.0 Å². The number of rotatable bonds is 4. The first kappa shape index (κ1) is 10.8. The van der Waals surface area contributed by atoms with E-state index in [4.69, 9.17) is 5.73 Å². The number of thiophene rings is 1. The summed E-state index contributed by atoms with van der Waals surface area (Å²) in [6, 6.07) is 4.78. The minimum absolute atomic E-state index is 0.467. The molecule has 0 aromatic carbocycles. The van der Waals surface area contributed by atoms with Gasteiger partial charge in [-0.3, -0.25) is 0 Å². The molecule has 0 spiro atoms. The molecule has 16 heavy (non-hydrogen) atoms. The molecular weight excluding hydrogens is 216 g/mol. The first-order valence-corrected chi connectivity index (χ1v) is 7.21. The van der Waals surface area contributed by atoms with Gasteiger partial charge in [0.25, 0.3) is 0 Å². The number of hydrogen-bond acceptors (Lipinski definition) is 3. The highest BCUT2D eigenvalue weighted by molar-refractivity contribution is 7.09. The van der Waals surface area contributed by atoms with Gasteiger partial charge in [-0.1, -0.05) is 6.07 Å². The van der Waals surface area contributed by atoms with Gasteiger partial charge < -0.3 is 11.1 Å². The van der Waals surface area contributed by atoms with Crippen LogP contribution in [0.15, 0.2) is 17.5 Å². The van der Waals surface area contributed by atoms with Crippen molar-refractivity contribution in [3.8, 4) is 0 Å². The first-order valence-electron chi connectivity index (χ1n) is 6.33. The largest absolute Gasteiger partial charge is 0.327 e. The lowest BCUT2D eigenvalue weighted by atomic mass is 9.85. The Bertz CT molecular complexity index is 334. The molecule has 0 amide bonds. The molecule has 2 aliphatic rings. The molecule has 4 unspecified atom stereocenters. The van der Waals surface area contributed by atoms with Crippen molar-refractivity contribution in [2.45, 2.75) is 31.8 Å². The van der Waals surface area contributed by atoms with Crippen molar-refractivity contribution in [2.24, 2.45) is 23.5 Å². The Morgan fingerprint density at radius 1 is 1.38 bits per heavy atom. The van der Waals surface area contributed by atoms with E-state index in [9.17, 15) is 0 Å². The molecule has 0 radical (unpaired) electrons. The van der Waals surface area contributed by atoms with E-state index in [1.807, 2.05) is 11.3 Å². The van der Waals surface area contributed by atoms with Gasteiger partial charge in [-0.2, -0.15) is 0 Å². The lowest BCUT2D eigenvalue weighted by Gasteiger charge is -2.28. The Labute approximate surface area is 101 Å². The van der Waals surface area contributed by atoms with Crippen LogP contribution in [-0.4, -0.2) is 12.6 Å². The van der Waals surface area contributed by atoms with E-state index in [1.54, 1.807) is 0 Å². The normalized spacial score (nSPS) is 37.1. The number of nitrogens with two attached hydrogens (primary N) is 1. The van der Waals surface area contributed by atoms with E-state index in [1.165, 1.54) is 24.1 Å². The van der Waals surface area contributed by atoms with Crippen LogP contribution in [0, 0.1) is 17.8 Å². The zero-order chi connectivity index (χ0) is 11.0. The molecule has 1 aromatic rings. The van der Waals surface area contributed by atoms with Crippen molar-refractivity contribution in [2.75, 3.05) is 6.54 Å². The van der Waals surface area contributed by atoms with Gasteiger partial charge in [0.15, 0.2) is 0 Å². The molecule has 2 fully saturated rings. The molecule has 3 rings (SSSR count). The van der Waals surface area contributed by atoms with E-state index in [2.05, 4.69) is 22.8 Å². The molecular formula is C13H20N2S. The van der Waals surface area contributed by atoms with Crippen LogP contribution in [0.2, 0.25) is 0 Å². The summed E-state index contributed by atoms with van der Waals surface area (Å²) in [5, 5.41) is 5.71. The summed E-state index contributed by atoms with van der Waals surface area (Å²) in [6.07, 6.45) is 4.20. The summed E-state index contributed by atoms with van der Waals surface area (Å²) in [7, 11) is 0. The highest BCUT2D eigenvalue weighted by atomic mass is 32.1. The van der Waals surface area contributed by atoms with Gasteiger partial charge in [0.1, 0.15) is 0 Å². The predicted octanol–water partition coefficient (Wildman–Crippen LogP) is 2.21. The standard InChI is InChI=1S/C13H20N2S/c14-13-10-4-3-9(6-10)12(13)8-15-7-11-2-1-5-16-11/h1-2,5,9-10,12-13,15H,3-4,6-8,14H2. The van der Waals surface area contributed by atoms with Crippen LogP contribution in [0.3, 0.4) is 0 Å². The van der Waals surface area contributed by atoms with Crippen molar-refractivity contribution >= 4 is 11.3 Å². The Morgan fingerprint density at radius 3 is 2.94 bits per heavy atom. The highest BCUT2D eigenvalue weighted by Crippen LogP contribution is 2.47. The topological polar surface area (TPSA) is 38.0 Å². The molecule has 4 atom stereocenters. The van der Waals surface area contributed by atoms with Gasteiger partial charge >= 0.3 is 0 Å². The molecule has 2 bridgehead atoms. The molecule has 2 saturated carbocycles. The smallest absolute Gasteiger partial charge is 0.0299 e. The average molecular weight is 236 g/mol. The Hall–Kier alpha value is -0.380. The summed E-state index contributed by atoms with van der Waals surface area (Å²) in [6.45, 7) is 2.12. The van der Waals surface area contributed by atoms with Gasteiger partial charge in [0.2, 0.25) is 0 Å². The second kappa shape index (κ2) is 4.47. The summed E-state index contributed by atoms with van der Waals surface area (Å²) < 4.78 is 0. The fraction of sp³-hybridized carbons (Fsp3) is 0.692. The van der Waals surface area contributed by atoms with Crippen LogP contribution < -0.4 is 11.1 Å². The first-order chi connectivity index (χ1) is 7.84. The number of hydrogen-bond donors (Lipinski definition) is 2. The molecule has 3 heteroatoms. The van der Waals surface area contributed by atoms with Crippen LogP contribution in [-0.2, 0) is 6.54 Å². The maximum absolute atomic E-state index is 6.29. The lowest BCUT2D eigenvalue weighted by Crippen LogP contribution is -2.41. The fourth-order valence-corrected chi connectivity index (χ4v) is 4.21. The zero-order valence-corrected chi connectivity index (χ0v) is 10.4. The van der Waals surface area contributed by atoms with Crippen LogP contribution in [0.5, 0.6) is 0 Å². The molecule has 1 aromatic heterocycles. The van der Waals surface area contributed by atoms with Crippen LogP contribution in [0.4, 0.5) is 0 Å². The van der Waals surface area contributed by atoms with Crippen LogP contribution >= 0.6 is 11.3 Å². The third-order valence-corrected chi connectivity index (χ3v) is 5.29. The van der Waals surface area contributed by atoms with E-state index in [0.29, 0.717) is 6.04 Å². The second-order valence-electron chi connectivity index (χ2n) is 5.28. The Kier molecular flexibility index (Phi) is 3.01. The minimum atomic E-state index is 0.467. The Morgan fingerprint density at radius 2 is 2.25 bits per heavy atom. The molecule has 2 nitrogen and oxygen atoms in total. The fourth-order valence-electron chi connectivity index (χ4n) is 3.53. The number of nitrogens with one attached hydrogen (secondary N) is 1. The summed E-state index contributed by atoms with van der Waals surface area (Å²) in [5.41, 5.74) is 6.29. The van der Waals surface area contributed by atoms with E-state index in [0.717, 1.165) is 30.8 Å². The summed E-state index contributed by atoms with van der Waals surface area (Å²) >= 11 is 1.83. The van der Waals surface area contributed by atoms with Gasteiger partial charge in [-0.25, -0.2) is 0 Å². The SMILES string of the molecule is NC1C2CCC(C2)C1CNCc1cccs1. The molecule has 1 heterocycles. The molecule has 88 valence electrons. The summed E-state index contributed by atoms with van der Waals surface area (Å²) in [4.78, 5) is 1.43. The maximum atomic E-state index is 6.29. The second-order valence-corrected chi connectivity index (χ2v) is 6.32. The van der Waals surface area contributed by atoms with Crippen molar-refractivity contribution in [3.63, 3.8) is 0 Å². The molecule has 0 saturated heterocycles. The van der Waals surface area contributed by atoms with Crippen molar-refractivity contribution < 1.29 is 0 Å². The highest BCUT2D eigenvalue weighted by Gasteiger charge is 2.45. The van der Waals surface area contributed by atoms with Gasteiger partial charge in [-0.05, 0) is 48.5 Å². The van der Waals surface area contributed by atoms with Crippen LogP contribution in [0.25, 0.3) is 0 Å². The average Bonchev–Trinajstić information content (AvgIpc) is 2.97. The Balaban J connectivity index is 1.49. The van der Waals surface area contributed by atoms with Crippen molar-refractivity contribution in [3.05, 3.63) is 22.4 Å². The van der Waals surface area contributed by atoms with Crippen LogP contribution in [0.1, 0.15) is 24.1 Å². The summed E-state index contributed by atoms with van der Waals surface area (Å²) in [5.74, 6) is 2.48. The monoisotopic (exact) mass is 236 g/mol. The maximum Gasteiger partial charge on any atom is 0.0299 e. The predicted molar refractivity (Wildman–Crippen MR) is 68.3 cm³/mol. The lowest BCUT2D eigenvalue weighted by molar-refractivity contribution is 0.278. The number of fused-ring (bicyclic) bond motifs is 2.